The average molecular weight is 340 g/mol. The minimum atomic E-state index is 0.610. The molecule has 3 rings (SSSR count). The van der Waals surface area contributed by atoms with Crippen LogP contribution in [0.4, 0.5) is 0 Å². The predicted octanol–water partition coefficient (Wildman–Crippen LogP) is 3.00. The second kappa shape index (κ2) is 9.56. The summed E-state index contributed by atoms with van der Waals surface area (Å²) < 4.78 is 11.2. The van der Waals surface area contributed by atoms with Crippen molar-refractivity contribution in [2.24, 2.45) is 0 Å². The lowest BCUT2D eigenvalue weighted by Gasteiger charge is -2.26. The number of nitrogens with one attached hydrogen (secondary N) is 1. The van der Waals surface area contributed by atoms with Crippen molar-refractivity contribution in [2.75, 3.05) is 39.4 Å². The number of hydrogen-bond donors (Lipinski definition) is 1. The number of nitrogens with zero attached hydrogens (tertiary/aromatic N) is 1. The summed E-state index contributed by atoms with van der Waals surface area (Å²) in [5.41, 5.74) is 3.75. The third-order valence-corrected chi connectivity index (χ3v) is 4.45. The summed E-state index contributed by atoms with van der Waals surface area (Å²) >= 11 is 0. The fourth-order valence-corrected chi connectivity index (χ4v) is 2.97. The maximum Gasteiger partial charge on any atom is 0.119 e. The first kappa shape index (κ1) is 17.9. The molecule has 0 bridgehead atoms. The molecule has 0 unspecified atom stereocenters. The Morgan fingerprint density at radius 1 is 1.04 bits per heavy atom. The van der Waals surface area contributed by atoms with Gasteiger partial charge in [-0.05, 0) is 30.2 Å². The maximum absolute atomic E-state index is 5.87. The average Bonchev–Trinajstić information content (AvgIpc) is 2.65. The number of ether oxygens (including phenoxy) is 2. The van der Waals surface area contributed by atoms with Crippen LogP contribution in [0.2, 0.25) is 0 Å². The highest BCUT2D eigenvalue weighted by Gasteiger charge is 2.08. The van der Waals surface area contributed by atoms with Crippen LogP contribution in [0, 0.1) is 6.92 Å². The number of aryl methyl sites for hydroxylation is 1. The summed E-state index contributed by atoms with van der Waals surface area (Å²) in [5, 5.41) is 3.51. The zero-order chi connectivity index (χ0) is 17.3. The molecule has 0 radical (unpaired) electrons. The van der Waals surface area contributed by atoms with Crippen molar-refractivity contribution >= 4 is 0 Å². The van der Waals surface area contributed by atoms with Gasteiger partial charge in [-0.25, -0.2) is 0 Å². The van der Waals surface area contributed by atoms with Crippen LogP contribution < -0.4 is 10.1 Å². The first-order valence-corrected chi connectivity index (χ1v) is 9.08. The van der Waals surface area contributed by atoms with Gasteiger partial charge in [-0.2, -0.15) is 0 Å². The first-order valence-electron chi connectivity index (χ1n) is 9.08. The molecule has 134 valence electrons. The van der Waals surface area contributed by atoms with E-state index in [-0.39, 0.29) is 0 Å². The molecule has 0 saturated carbocycles. The van der Waals surface area contributed by atoms with Crippen molar-refractivity contribution in [1.82, 2.24) is 10.2 Å². The Hall–Kier alpha value is -1.88. The van der Waals surface area contributed by atoms with Gasteiger partial charge in [0.15, 0.2) is 0 Å². The Bertz CT molecular complexity index is 637. The molecule has 0 atom stereocenters. The highest BCUT2D eigenvalue weighted by Crippen LogP contribution is 2.14. The van der Waals surface area contributed by atoms with Crippen LogP contribution in [0.5, 0.6) is 5.75 Å². The van der Waals surface area contributed by atoms with Gasteiger partial charge in [0.1, 0.15) is 12.4 Å². The van der Waals surface area contributed by atoms with Gasteiger partial charge < -0.3 is 14.8 Å². The Morgan fingerprint density at radius 3 is 2.60 bits per heavy atom. The molecule has 2 aromatic carbocycles. The molecule has 4 heteroatoms. The Labute approximate surface area is 150 Å². The Balaban J connectivity index is 1.36. The standard InChI is InChI=1S/C21H28N2O2/c1-18-3-2-4-20(15-18)17-25-21-7-5-19(6-8-21)16-22-9-10-23-11-13-24-14-12-23/h2-8,15,22H,9-14,16-17H2,1H3. The quantitative estimate of drug-likeness (QED) is 0.749. The summed E-state index contributed by atoms with van der Waals surface area (Å²) in [6.07, 6.45) is 0. The SMILES string of the molecule is Cc1cccc(COc2ccc(CNCCN3CCOCC3)cc2)c1. The number of rotatable bonds is 8. The van der Waals surface area contributed by atoms with Crippen molar-refractivity contribution in [3.8, 4) is 5.75 Å². The van der Waals surface area contributed by atoms with Gasteiger partial charge in [-0.1, -0.05) is 42.0 Å². The molecule has 1 aliphatic heterocycles. The van der Waals surface area contributed by atoms with E-state index in [1.165, 1.54) is 16.7 Å². The molecule has 0 aromatic heterocycles. The van der Waals surface area contributed by atoms with Crippen molar-refractivity contribution in [3.63, 3.8) is 0 Å². The van der Waals surface area contributed by atoms with E-state index in [0.29, 0.717) is 6.61 Å². The van der Waals surface area contributed by atoms with Crippen LogP contribution in [-0.4, -0.2) is 44.3 Å². The zero-order valence-electron chi connectivity index (χ0n) is 15.0. The minimum absolute atomic E-state index is 0.610. The topological polar surface area (TPSA) is 33.7 Å². The number of morpholine rings is 1. The van der Waals surface area contributed by atoms with Crippen LogP contribution >= 0.6 is 0 Å². The minimum Gasteiger partial charge on any atom is -0.489 e. The van der Waals surface area contributed by atoms with Gasteiger partial charge in [0.25, 0.3) is 0 Å². The largest absolute Gasteiger partial charge is 0.489 e. The van der Waals surface area contributed by atoms with Gasteiger partial charge in [0.05, 0.1) is 13.2 Å². The summed E-state index contributed by atoms with van der Waals surface area (Å²) in [5.74, 6) is 0.915. The van der Waals surface area contributed by atoms with E-state index in [2.05, 4.69) is 65.7 Å². The smallest absolute Gasteiger partial charge is 0.119 e. The summed E-state index contributed by atoms with van der Waals surface area (Å²) in [6.45, 7) is 9.52. The molecule has 0 spiro atoms. The van der Waals surface area contributed by atoms with E-state index >= 15 is 0 Å². The number of benzene rings is 2. The summed E-state index contributed by atoms with van der Waals surface area (Å²) in [7, 11) is 0. The molecule has 1 fully saturated rings. The fourth-order valence-electron chi connectivity index (χ4n) is 2.97. The second-order valence-electron chi connectivity index (χ2n) is 6.55. The molecule has 2 aromatic rings. The van der Waals surface area contributed by atoms with E-state index in [4.69, 9.17) is 9.47 Å². The van der Waals surface area contributed by atoms with Gasteiger partial charge in [0, 0.05) is 32.7 Å². The molecular formula is C21H28N2O2. The second-order valence-corrected chi connectivity index (χ2v) is 6.55. The van der Waals surface area contributed by atoms with E-state index in [1.54, 1.807) is 0 Å². The lowest BCUT2D eigenvalue weighted by molar-refractivity contribution is 0.0384. The van der Waals surface area contributed by atoms with Gasteiger partial charge in [-0.15, -0.1) is 0 Å². The van der Waals surface area contributed by atoms with Gasteiger partial charge in [-0.3, -0.25) is 4.90 Å². The van der Waals surface area contributed by atoms with Crippen LogP contribution in [0.25, 0.3) is 0 Å². The number of hydrogen-bond acceptors (Lipinski definition) is 4. The van der Waals surface area contributed by atoms with Crippen molar-refractivity contribution in [1.29, 1.82) is 0 Å². The molecule has 0 aliphatic carbocycles. The lowest BCUT2D eigenvalue weighted by Crippen LogP contribution is -2.40. The van der Waals surface area contributed by atoms with Crippen molar-refractivity contribution in [3.05, 3.63) is 65.2 Å². The molecule has 1 aliphatic rings. The van der Waals surface area contributed by atoms with Crippen molar-refractivity contribution in [2.45, 2.75) is 20.1 Å². The maximum atomic E-state index is 5.87. The van der Waals surface area contributed by atoms with Crippen LogP contribution in [0.3, 0.4) is 0 Å². The Kier molecular flexibility index (Phi) is 6.86. The highest BCUT2D eigenvalue weighted by atomic mass is 16.5. The van der Waals surface area contributed by atoms with Crippen LogP contribution in [0.1, 0.15) is 16.7 Å². The molecule has 1 heterocycles. The van der Waals surface area contributed by atoms with Gasteiger partial charge in [0.2, 0.25) is 0 Å². The Morgan fingerprint density at radius 2 is 1.84 bits per heavy atom. The molecular weight excluding hydrogens is 312 g/mol. The first-order chi connectivity index (χ1) is 12.3. The van der Waals surface area contributed by atoms with Gasteiger partial charge >= 0.3 is 0 Å². The predicted molar refractivity (Wildman–Crippen MR) is 101 cm³/mol. The third-order valence-electron chi connectivity index (χ3n) is 4.45. The molecule has 25 heavy (non-hydrogen) atoms. The molecule has 0 amide bonds. The monoisotopic (exact) mass is 340 g/mol. The van der Waals surface area contributed by atoms with Crippen LogP contribution in [-0.2, 0) is 17.9 Å². The van der Waals surface area contributed by atoms with E-state index in [9.17, 15) is 0 Å². The van der Waals surface area contributed by atoms with E-state index in [1.807, 2.05) is 0 Å². The molecule has 1 saturated heterocycles. The fraction of sp³-hybridized carbons (Fsp3) is 0.429. The normalized spacial score (nSPS) is 15.2. The lowest BCUT2D eigenvalue weighted by atomic mass is 10.1. The van der Waals surface area contributed by atoms with Crippen LogP contribution in [0.15, 0.2) is 48.5 Å². The molecule has 4 nitrogen and oxygen atoms in total. The van der Waals surface area contributed by atoms with Crippen molar-refractivity contribution < 1.29 is 9.47 Å². The molecule has 1 N–H and O–H groups in total. The summed E-state index contributed by atoms with van der Waals surface area (Å²) in [6, 6.07) is 16.8. The van der Waals surface area contributed by atoms with E-state index < -0.39 is 0 Å². The zero-order valence-corrected chi connectivity index (χ0v) is 15.0. The summed E-state index contributed by atoms with van der Waals surface area (Å²) in [4.78, 5) is 2.44. The van der Waals surface area contributed by atoms with E-state index in [0.717, 1.165) is 51.7 Å². The highest BCUT2D eigenvalue weighted by molar-refractivity contribution is 5.28. The third kappa shape index (κ3) is 6.16.